The zero-order valence-corrected chi connectivity index (χ0v) is 13.3. The van der Waals surface area contributed by atoms with Crippen LogP contribution in [0, 0.1) is 0 Å². The molecule has 2 amide bonds. The van der Waals surface area contributed by atoms with E-state index in [0.29, 0.717) is 38.2 Å². The molecule has 0 aromatic carbocycles. The lowest BCUT2D eigenvalue weighted by Gasteiger charge is -2.22. The van der Waals surface area contributed by atoms with Crippen LogP contribution in [0.5, 0.6) is 0 Å². The second-order valence-corrected chi connectivity index (χ2v) is 5.60. The van der Waals surface area contributed by atoms with E-state index in [4.69, 9.17) is 23.2 Å². The minimum absolute atomic E-state index is 0.109. The molecular formula is C14H17Cl2N3O2. The van der Waals surface area contributed by atoms with E-state index in [9.17, 15) is 9.59 Å². The van der Waals surface area contributed by atoms with Crippen molar-refractivity contribution in [3.05, 3.63) is 28.0 Å². The van der Waals surface area contributed by atoms with Crippen molar-refractivity contribution in [3.8, 4) is 0 Å². The number of carbonyl (C=O) groups excluding carboxylic acids is 2. The van der Waals surface area contributed by atoms with E-state index in [2.05, 4.69) is 4.98 Å². The highest BCUT2D eigenvalue weighted by Crippen LogP contribution is 2.19. The molecule has 5 nitrogen and oxygen atoms in total. The van der Waals surface area contributed by atoms with Crippen molar-refractivity contribution in [3.63, 3.8) is 0 Å². The molecule has 0 saturated carbocycles. The topological polar surface area (TPSA) is 53.5 Å². The lowest BCUT2D eigenvalue weighted by Crippen LogP contribution is -2.37. The molecule has 7 heteroatoms. The first-order valence-corrected chi connectivity index (χ1v) is 7.67. The van der Waals surface area contributed by atoms with Crippen LogP contribution in [0.15, 0.2) is 12.1 Å². The molecule has 0 unspecified atom stereocenters. The van der Waals surface area contributed by atoms with Crippen molar-refractivity contribution in [1.29, 1.82) is 0 Å². The molecule has 2 rings (SSSR count). The second-order valence-electron chi connectivity index (χ2n) is 4.85. The average Bonchev–Trinajstić information content (AvgIpc) is 2.71. The summed E-state index contributed by atoms with van der Waals surface area (Å²) in [7, 11) is 0. The Bertz CT molecular complexity index is 551. The summed E-state index contributed by atoms with van der Waals surface area (Å²) in [4.78, 5) is 31.6. The van der Waals surface area contributed by atoms with Gasteiger partial charge in [-0.2, -0.15) is 0 Å². The summed E-state index contributed by atoms with van der Waals surface area (Å²) in [6.45, 7) is 4.18. The number of hydrogen-bond acceptors (Lipinski definition) is 3. The van der Waals surface area contributed by atoms with Crippen LogP contribution in [0.4, 0.5) is 0 Å². The van der Waals surface area contributed by atoms with E-state index >= 15 is 0 Å². The van der Waals surface area contributed by atoms with Crippen LogP contribution >= 0.6 is 23.2 Å². The van der Waals surface area contributed by atoms with Crippen LogP contribution in [0.1, 0.15) is 30.1 Å². The van der Waals surface area contributed by atoms with Crippen molar-refractivity contribution in [1.82, 2.24) is 14.8 Å². The number of halogens is 2. The second kappa shape index (κ2) is 7.09. The monoisotopic (exact) mass is 329 g/mol. The fraction of sp³-hybridized carbons (Fsp3) is 0.500. The number of carbonyl (C=O) groups is 2. The van der Waals surface area contributed by atoms with E-state index in [-0.39, 0.29) is 22.1 Å². The van der Waals surface area contributed by atoms with E-state index in [1.807, 2.05) is 6.92 Å². The Kier molecular flexibility index (Phi) is 5.42. The van der Waals surface area contributed by atoms with Crippen molar-refractivity contribution >= 4 is 35.0 Å². The SMILES string of the molecule is CCC(=O)N1CCCN(C(=O)c2ccc(Cl)nc2Cl)CC1. The van der Waals surface area contributed by atoms with Crippen LogP contribution in [0.25, 0.3) is 0 Å². The van der Waals surface area contributed by atoms with Crippen LogP contribution in [-0.2, 0) is 4.79 Å². The molecule has 1 aromatic rings. The van der Waals surface area contributed by atoms with E-state index in [0.717, 1.165) is 6.42 Å². The molecule has 0 bridgehead atoms. The van der Waals surface area contributed by atoms with Gasteiger partial charge in [-0.05, 0) is 18.6 Å². The normalized spacial score (nSPS) is 15.8. The van der Waals surface area contributed by atoms with Gasteiger partial charge in [0.2, 0.25) is 5.91 Å². The molecule has 0 radical (unpaired) electrons. The van der Waals surface area contributed by atoms with Gasteiger partial charge < -0.3 is 9.80 Å². The zero-order valence-electron chi connectivity index (χ0n) is 11.8. The number of amides is 2. The largest absolute Gasteiger partial charge is 0.341 e. The zero-order chi connectivity index (χ0) is 15.4. The Morgan fingerprint density at radius 2 is 1.81 bits per heavy atom. The fourth-order valence-electron chi connectivity index (χ4n) is 2.34. The number of nitrogens with zero attached hydrogens (tertiary/aromatic N) is 3. The molecule has 1 aromatic heterocycles. The molecule has 2 heterocycles. The van der Waals surface area contributed by atoms with Gasteiger partial charge in [0.15, 0.2) is 0 Å². The third-order valence-electron chi connectivity index (χ3n) is 3.48. The summed E-state index contributed by atoms with van der Waals surface area (Å²) in [5.41, 5.74) is 0.344. The van der Waals surface area contributed by atoms with Crippen LogP contribution < -0.4 is 0 Å². The van der Waals surface area contributed by atoms with Gasteiger partial charge in [0.25, 0.3) is 5.91 Å². The molecule has 21 heavy (non-hydrogen) atoms. The summed E-state index contributed by atoms with van der Waals surface area (Å²) in [5, 5.41) is 0.366. The van der Waals surface area contributed by atoms with Gasteiger partial charge in [0.1, 0.15) is 10.3 Å². The number of hydrogen-bond donors (Lipinski definition) is 0. The van der Waals surface area contributed by atoms with Gasteiger partial charge in [-0.3, -0.25) is 9.59 Å². The molecule has 0 aliphatic carbocycles. The first kappa shape index (κ1) is 16.0. The first-order valence-electron chi connectivity index (χ1n) is 6.92. The molecule has 0 spiro atoms. The number of rotatable bonds is 2. The third-order valence-corrected chi connectivity index (χ3v) is 3.98. The quantitative estimate of drug-likeness (QED) is 0.783. The highest BCUT2D eigenvalue weighted by atomic mass is 35.5. The fourth-order valence-corrected chi connectivity index (χ4v) is 2.76. The smallest absolute Gasteiger partial charge is 0.257 e. The van der Waals surface area contributed by atoms with E-state index < -0.39 is 0 Å². The van der Waals surface area contributed by atoms with Crippen molar-refractivity contribution in [2.24, 2.45) is 0 Å². The molecule has 1 fully saturated rings. The summed E-state index contributed by atoms with van der Waals surface area (Å²) in [5.74, 6) is -0.0505. The summed E-state index contributed by atoms with van der Waals surface area (Å²) >= 11 is 11.7. The van der Waals surface area contributed by atoms with Gasteiger partial charge in [0, 0.05) is 32.6 Å². The van der Waals surface area contributed by atoms with Crippen molar-refractivity contribution in [2.45, 2.75) is 19.8 Å². The molecule has 114 valence electrons. The average molecular weight is 330 g/mol. The molecule has 0 atom stereocenters. The molecule has 1 aliphatic rings. The predicted molar refractivity (Wildman–Crippen MR) is 81.6 cm³/mol. The van der Waals surface area contributed by atoms with E-state index in [1.54, 1.807) is 21.9 Å². The molecular weight excluding hydrogens is 313 g/mol. The Hall–Kier alpha value is -1.33. The lowest BCUT2D eigenvalue weighted by atomic mass is 10.2. The van der Waals surface area contributed by atoms with Crippen LogP contribution in [-0.4, -0.2) is 52.8 Å². The third kappa shape index (κ3) is 3.86. The molecule has 0 N–H and O–H groups in total. The minimum atomic E-state index is -0.171. The Morgan fingerprint density at radius 3 is 2.48 bits per heavy atom. The van der Waals surface area contributed by atoms with E-state index in [1.165, 1.54) is 0 Å². The summed E-state index contributed by atoms with van der Waals surface area (Å²) in [6, 6.07) is 3.13. The maximum absolute atomic E-state index is 12.5. The number of pyridine rings is 1. The Labute approximate surface area is 133 Å². The highest BCUT2D eigenvalue weighted by Gasteiger charge is 2.23. The van der Waals surface area contributed by atoms with Gasteiger partial charge in [0.05, 0.1) is 5.56 Å². The summed E-state index contributed by atoms with van der Waals surface area (Å²) < 4.78 is 0. The Morgan fingerprint density at radius 1 is 1.14 bits per heavy atom. The van der Waals surface area contributed by atoms with Crippen molar-refractivity contribution in [2.75, 3.05) is 26.2 Å². The maximum Gasteiger partial charge on any atom is 0.257 e. The van der Waals surface area contributed by atoms with Gasteiger partial charge in [-0.15, -0.1) is 0 Å². The van der Waals surface area contributed by atoms with Gasteiger partial charge >= 0.3 is 0 Å². The summed E-state index contributed by atoms with van der Waals surface area (Å²) in [6.07, 6.45) is 1.25. The predicted octanol–water partition coefficient (Wildman–Crippen LogP) is 2.47. The van der Waals surface area contributed by atoms with Gasteiger partial charge in [-0.25, -0.2) is 4.98 Å². The standard InChI is InChI=1S/C14H17Cl2N3O2/c1-2-12(20)18-6-3-7-19(9-8-18)14(21)10-4-5-11(15)17-13(10)16/h4-5H,2-3,6-9H2,1H3. The first-order chi connectivity index (χ1) is 10.0. The molecule has 1 saturated heterocycles. The minimum Gasteiger partial charge on any atom is -0.341 e. The lowest BCUT2D eigenvalue weighted by molar-refractivity contribution is -0.130. The highest BCUT2D eigenvalue weighted by molar-refractivity contribution is 6.34. The van der Waals surface area contributed by atoms with Crippen LogP contribution in [0.2, 0.25) is 10.3 Å². The molecule has 1 aliphatic heterocycles. The van der Waals surface area contributed by atoms with Crippen molar-refractivity contribution < 1.29 is 9.59 Å². The van der Waals surface area contributed by atoms with Crippen LogP contribution in [0.3, 0.4) is 0 Å². The number of aromatic nitrogens is 1. The van der Waals surface area contributed by atoms with Gasteiger partial charge in [-0.1, -0.05) is 30.1 Å². The maximum atomic E-state index is 12.5. The Balaban J connectivity index is 2.08.